The molecule has 0 radical (unpaired) electrons. The summed E-state index contributed by atoms with van der Waals surface area (Å²) in [5.41, 5.74) is 5.58. The number of piperidine rings is 1. The highest BCUT2D eigenvalue weighted by atomic mass is 16.4. The first-order valence-electron chi connectivity index (χ1n) is 4.42. The summed E-state index contributed by atoms with van der Waals surface area (Å²) in [5.74, 6) is 1.11. The molecule has 0 spiro atoms. The van der Waals surface area contributed by atoms with Crippen molar-refractivity contribution in [2.24, 2.45) is 17.6 Å². The molecule has 1 aliphatic heterocycles. The summed E-state index contributed by atoms with van der Waals surface area (Å²) in [6.45, 7) is 1.43. The van der Waals surface area contributed by atoms with E-state index in [0.717, 1.165) is 12.8 Å². The van der Waals surface area contributed by atoms with Crippen LogP contribution in [0, 0.1) is 11.8 Å². The van der Waals surface area contributed by atoms with E-state index >= 15 is 0 Å². The molecular formula is C8H14N2O2. The first kappa shape index (κ1) is 7.86. The minimum atomic E-state index is -0.766. The van der Waals surface area contributed by atoms with Gasteiger partial charge in [-0.05, 0) is 31.2 Å². The maximum atomic E-state index is 10.7. The van der Waals surface area contributed by atoms with Crippen molar-refractivity contribution < 1.29 is 9.90 Å². The number of fused-ring (bicyclic) bond motifs is 2. The molecule has 0 aromatic rings. The van der Waals surface area contributed by atoms with Gasteiger partial charge in [-0.3, -0.25) is 0 Å². The fraction of sp³-hybridized carbons (Fsp3) is 0.875. The molecule has 0 aromatic carbocycles. The summed E-state index contributed by atoms with van der Waals surface area (Å²) in [6, 6.07) is 0.265. The maximum Gasteiger partial charge on any atom is 0.407 e. The summed E-state index contributed by atoms with van der Waals surface area (Å²) < 4.78 is 0. The van der Waals surface area contributed by atoms with Gasteiger partial charge in [-0.25, -0.2) is 4.79 Å². The maximum absolute atomic E-state index is 10.7. The second-order valence-electron chi connectivity index (χ2n) is 3.82. The topological polar surface area (TPSA) is 66.6 Å². The van der Waals surface area contributed by atoms with E-state index in [1.807, 2.05) is 0 Å². The van der Waals surface area contributed by atoms with E-state index in [9.17, 15) is 4.79 Å². The van der Waals surface area contributed by atoms with Crippen LogP contribution < -0.4 is 5.73 Å². The van der Waals surface area contributed by atoms with Crippen molar-refractivity contribution >= 4 is 6.09 Å². The third-order valence-electron chi connectivity index (χ3n) is 3.24. The molecule has 4 nitrogen and oxygen atoms in total. The quantitative estimate of drug-likeness (QED) is 0.596. The Morgan fingerprint density at radius 1 is 1.58 bits per heavy atom. The van der Waals surface area contributed by atoms with Crippen LogP contribution in [0.2, 0.25) is 0 Å². The van der Waals surface area contributed by atoms with Crippen molar-refractivity contribution in [2.75, 3.05) is 13.1 Å². The van der Waals surface area contributed by atoms with Gasteiger partial charge in [-0.2, -0.15) is 0 Å². The number of rotatable bonds is 1. The fourth-order valence-electron chi connectivity index (χ4n) is 2.58. The Balaban J connectivity index is 2.03. The molecule has 4 heteroatoms. The number of likely N-dealkylation sites (tertiary alicyclic amines) is 1. The second kappa shape index (κ2) is 2.62. The SMILES string of the molecule is NC[C@@H]1CC2CC1CN2C(=O)O. The molecular weight excluding hydrogens is 156 g/mol. The third-order valence-corrected chi connectivity index (χ3v) is 3.24. The van der Waals surface area contributed by atoms with Gasteiger partial charge < -0.3 is 15.7 Å². The molecule has 3 atom stereocenters. The lowest BCUT2D eigenvalue weighted by atomic mass is 9.95. The van der Waals surface area contributed by atoms with E-state index in [-0.39, 0.29) is 6.04 Å². The van der Waals surface area contributed by atoms with Gasteiger partial charge in [0.1, 0.15) is 0 Å². The van der Waals surface area contributed by atoms with Crippen LogP contribution >= 0.6 is 0 Å². The van der Waals surface area contributed by atoms with Gasteiger partial charge in [0, 0.05) is 12.6 Å². The largest absolute Gasteiger partial charge is 0.465 e. The lowest BCUT2D eigenvalue weighted by molar-refractivity contribution is 0.121. The number of nitrogens with zero attached hydrogens (tertiary/aromatic N) is 1. The van der Waals surface area contributed by atoms with Crippen molar-refractivity contribution in [3.8, 4) is 0 Å². The number of carbonyl (C=O) groups is 1. The summed E-state index contributed by atoms with van der Waals surface area (Å²) >= 11 is 0. The highest BCUT2D eigenvalue weighted by Gasteiger charge is 2.45. The first-order valence-corrected chi connectivity index (χ1v) is 4.42. The highest BCUT2D eigenvalue weighted by molar-refractivity contribution is 5.66. The van der Waals surface area contributed by atoms with E-state index in [1.165, 1.54) is 0 Å². The number of hydrogen-bond donors (Lipinski definition) is 2. The van der Waals surface area contributed by atoms with E-state index in [0.29, 0.717) is 24.9 Å². The van der Waals surface area contributed by atoms with Crippen LogP contribution in [-0.2, 0) is 0 Å². The van der Waals surface area contributed by atoms with Gasteiger partial charge in [-0.15, -0.1) is 0 Å². The van der Waals surface area contributed by atoms with E-state index in [1.54, 1.807) is 4.90 Å². The molecule has 1 amide bonds. The van der Waals surface area contributed by atoms with Gasteiger partial charge in [-0.1, -0.05) is 0 Å². The highest BCUT2D eigenvalue weighted by Crippen LogP contribution is 2.41. The molecule has 0 aromatic heterocycles. The molecule has 2 rings (SSSR count). The Morgan fingerprint density at radius 2 is 2.33 bits per heavy atom. The number of nitrogens with two attached hydrogens (primary N) is 1. The van der Waals surface area contributed by atoms with Crippen LogP contribution in [0.5, 0.6) is 0 Å². The summed E-state index contributed by atoms with van der Waals surface area (Å²) in [5, 5.41) is 8.79. The van der Waals surface area contributed by atoms with Crippen LogP contribution in [0.4, 0.5) is 4.79 Å². The van der Waals surface area contributed by atoms with Gasteiger partial charge in [0.15, 0.2) is 0 Å². The molecule has 1 heterocycles. The van der Waals surface area contributed by atoms with E-state index in [4.69, 9.17) is 10.8 Å². The predicted octanol–water partition coefficient (Wildman–Crippen LogP) is 0.334. The van der Waals surface area contributed by atoms with Crippen molar-refractivity contribution in [2.45, 2.75) is 18.9 Å². The Labute approximate surface area is 71.3 Å². The average molecular weight is 170 g/mol. The molecule has 1 saturated carbocycles. The zero-order valence-corrected chi connectivity index (χ0v) is 6.94. The summed E-state index contributed by atoms with van der Waals surface area (Å²) in [6.07, 6.45) is 1.25. The van der Waals surface area contributed by atoms with Crippen LogP contribution in [0.25, 0.3) is 0 Å². The average Bonchev–Trinajstić information content (AvgIpc) is 2.60. The normalized spacial score (nSPS) is 39.1. The second-order valence-corrected chi connectivity index (χ2v) is 3.82. The fourth-order valence-corrected chi connectivity index (χ4v) is 2.58. The molecule has 68 valence electrons. The standard InChI is InChI=1S/C8H14N2O2/c9-3-5-1-7-2-6(5)4-10(7)8(11)12/h5-7H,1-4,9H2,(H,11,12)/t5-,6?,7?/m0/s1. The molecule has 2 unspecified atom stereocenters. The number of amides is 1. The molecule has 2 aliphatic rings. The predicted molar refractivity (Wildman–Crippen MR) is 43.8 cm³/mol. The lowest BCUT2D eigenvalue weighted by Crippen LogP contribution is -2.40. The Hall–Kier alpha value is -0.770. The first-order chi connectivity index (χ1) is 5.72. The van der Waals surface area contributed by atoms with Gasteiger partial charge in [0.25, 0.3) is 0 Å². The monoisotopic (exact) mass is 170 g/mol. The zero-order valence-electron chi connectivity index (χ0n) is 6.94. The molecule has 2 bridgehead atoms. The van der Waals surface area contributed by atoms with Crippen LogP contribution in [0.15, 0.2) is 0 Å². The Kier molecular flexibility index (Phi) is 1.72. The van der Waals surface area contributed by atoms with Crippen molar-refractivity contribution in [1.29, 1.82) is 0 Å². The summed E-state index contributed by atoms with van der Waals surface area (Å²) in [7, 11) is 0. The van der Waals surface area contributed by atoms with Crippen molar-refractivity contribution in [3.05, 3.63) is 0 Å². The number of hydrogen-bond acceptors (Lipinski definition) is 2. The van der Waals surface area contributed by atoms with Crippen LogP contribution in [0.3, 0.4) is 0 Å². The molecule has 12 heavy (non-hydrogen) atoms. The number of carboxylic acid groups (broad SMARTS) is 1. The molecule has 3 N–H and O–H groups in total. The van der Waals surface area contributed by atoms with Crippen LogP contribution in [-0.4, -0.2) is 35.2 Å². The summed E-state index contributed by atoms with van der Waals surface area (Å²) in [4.78, 5) is 12.2. The van der Waals surface area contributed by atoms with Crippen molar-refractivity contribution in [3.63, 3.8) is 0 Å². The molecule has 2 fully saturated rings. The van der Waals surface area contributed by atoms with Crippen molar-refractivity contribution in [1.82, 2.24) is 4.90 Å². The van der Waals surface area contributed by atoms with E-state index in [2.05, 4.69) is 0 Å². The third kappa shape index (κ3) is 0.982. The van der Waals surface area contributed by atoms with Crippen LogP contribution in [0.1, 0.15) is 12.8 Å². The Morgan fingerprint density at radius 3 is 2.75 bits per heavy atom. The molecule has 1 aliphatic carbocycles. The smallest absolute Gasteiger partial charge is 0.407 e. The minimum absolute atomic E-state index is 0.265. The van der Waals surface area contributed by atoms with Gasteiger partial charge in [0.2, 0.25) is 0 Å². The van der Waals surface area contributed by atoms with Gasteiger partial charge >= 0.3 is 6.09 Å². The Bertz CT molecular complexity index is 207. The lowest BCUT2D eigenvalue weighted by Gasteiger charge is -2.28. The van der Waals surface area contributed by atoms with Gasteiger partial charge in [0.05, 0.1) is 0 Å². The van der Waals surface area contributed by atoms with E-state index < -0.39 is 6.09 Å². The zero-order chi connectivity index (χ0) is 8.72. The molecule has 1 saturated heterocycles. The minimum Gasteiger partial charge on any atom is -0.465 e.